The highest BCUT2D eigenvalue weighted by Crippen LogP contribution is 2.07. The molecular weight excluding hydrogens is 290 g/mol. The molecular formula is C15H24ClN3O2. The summed E-state index contributed by atoms with van der Waals surface area (Å²) in [6.07, 6.45) is 1.17. The molecule has 0 aliphatic rings. The van der Waals surface area contributed by atoms with Crippen molar-refractivity contribution in [3.8, 4) is 0 Å². The van der Waals surface area contributed by atoms with Gasteiger partial charge in [-0.3, -0.25) is 9.59 Å². The van der Waals surface area contributed by atoms with Crippen molar-refractivity contribution in [2.45, 2.75) is 38.8 Å². The summed E-state index contributed by atoms with van der Waals surface area (Å²) in [6.45, 7) is 3.87. The second kappa shape index (κ2) is 9.37. The van der Waals surface area contributed by atoms with Gasteiger partial charge >= 0.3 is 0 Å². The van der Waals surface area contributed by atoms with Gasteiger partial charge in [-0.05, 0) is 11.5 Å². The third-order valence-corrected chi connectivity index (χ3v) is 3.50. The van der Waals surface area contributed by atoms with Gasteiger partial charge in [-0.2, -0.15) is 0 Å². The van der Waals surface area contributed by atoms with Crippen LogP contribution in [0.5, 0.6) is 0 Å². The van der Waals surface area contributed by atoms with Gasteiger partial charge in [0.1, 0.15) is 6.04 Å². The second-order valence-corrected chi connectivity index (χ2v) is 5.06. The molecule has 0 aliphatic heterocycles. The number of hydrogen-bond donors (Lipinski definition) is 3. The van der Waals surface area contributed by atoms with Gasteiger partial charge in [-0.1, -0.05) is 50.6 Å². The number of benzene rings is 1. The summed E-state index contributed by atoms with van der Waals surface area (Å²) in [6, 6.07) is 8.05. The lowest BCUT2D eigenvalue weighted by molar-refractivity contribution is -0.128. The SMILES string of the molecule is CC[C@H](C)[C@H](N)C(=O)N[C@@H](Cc1ccccc1)C(N)=O.Cl. The zero-order valence-electron chi connectivity index (χ0n) is 12.4. The smallest absolute Gasteiger partial charge is 0.240 e. The minimum Gasteiger partial charge on any atom is -0.368 e. The van der Waals surface area contributed by atoms with E-state index in [-0.39, 0.29) is 24.2 Å². The van der Waals surface area contributed by atoms with Crippen molar-refractivity contribution in [2.75, 3.05) is 0 Å². The highest BCUT2D eigenvalue weighted by atomic mass is 35.5. The number of hydrogen-bond acceptors (Lipinski definition) is 3. The molecule has 0 aliphatic carbocycles. The first-order valence-corrected chi connectivity index (χ1v) is 6.84. The molecule has 3 atom stereocenters. The topological polar surface area (TPSA) is 98.2 Å². The molecule has 118 valence electrons. The average molecular weight is 314 g/mol. The van der Waals surface area contributed by atoms with E-state index in [1.54, 1.807) is 0 Å². The number of nitrogens with two attached hydrogens (primary N) is 2. The van der Waals surface area contributed by atoms with Gasteiger partial charge in [-0.25, -0.2) is 0 Å². The molecule has 21 heavy (non-hydrogen) atoms. The molecule has 6 heteroatoms. The van der Waals surface area contributed by atoms with Crippen LogP contribution in [0.3, 0.4) is 0 Å². The van der Waals surface area contributed by atoms with Crippen molar-refractivity contribution in [2.24, 2.45) is 17.4 Å². The molecule has 0 saturated carbocycles. The van der Waals surface area contributed by atoms with Crippen molar-refractivity contribution in [1.82, 2.24) is 5.32 Å². The van der Waals surface area contributed by atoms with Gasteiger partial charge in [0.25, 0.3) is 0 Å². The number of carbonyl (C=O) groups is 2. The summed E-state index contributed by atoms with van der Waals surface area (Å²) in [4.78, 5) is 23.5. The monoisotopic (exact) mass is 313 g/mol. The van der Waals surface area contributed by atoms with Crippen LogP contribution in [0.25, 0.3) is 0 Å². The van der Waals surface area contributed by atoms with E-state index in [0.717, 1.165) is 12.0 Å². The standard InChI is InChI=1S/C15H23N3O2.ClH/c1-3-10(2)13(16)15(20)18-12(14(17)19)9-11-7-5-4-6-8-11;/h4-8,10,12-13H,3,9,16H2,1-2H3,(H2,17,19)(H,18,20);1H/t10-,12-,13-;/m0./s1. The summed E-state index contributed by atoms with van der Waals surface area (Å²) >= 11 is 0. The minimum atomic E-state index is -0.736. The highest BCUT2D eigenvalue weighted by molar-refractivity contribution is 5.89. The third kappa shape index (κ3) is 6.14. The molecule has 0 saturated heterocycles. The first-order chi connectivity index (χ1) is 9.45. The van der Waals surface area contributed by atoms with Crippen LogP contribution in [0.1, 0.15) is 25.8 Å². The highest BCUT2D eigenvalue weighted by Gasteiger charge is 2.24. The minimum absolute atomic E-state index is 0. The number of carbonyl (C=O) groups excluding carboxylic acids is 2. The lowest BCUT2D eigenvalue weighted by Crippen LogP contribution is -2.53. The van der Waals surface area contributed by atoms with Crippen molar-refractivity contribution in [3.05, 3.63) is 35.9 Å². The van der Waals surface area contributed by atoms with E-state index >= 15 is 0 Å². The van der Waals surface area contributed by atoms with Gasteiger partial charge in [-0.15, -0.1) is 12.4 Å². The summed E-state index contributed by atoms with van der Waals surface area (Å²) in [7, 11) is 0. The Morgan fingerprint density at radius 2 is 1.81 bits per heavy atom. The molecule has 0 fully saturated rings. The van der Waals surface area contributed by atoms with Gasteiger partial charge in [0.15, 0.2) is 0 Å². The van der Waals surface area contributed by atoms with Crippen LogP contribution in [-0.4, -0.2) is 23.9 Å². The van der Waals surface area contributed by atoms with Gasteiger partial charge in [0, 0.05) is 6.42 Å². The van der Waals surface area contributed by atoms with E-state index in [9.17, 15) is 9.59 Å². The summed E-state index contributed by atoms with van der Waals surface area (Å²) in [5, 5.41) is 2.64. The molecule has 0 radical (unpaired) electrons. The van der Waals surface area contributed by atoms with E-state index in [1.807, 2.05) is 44.2 Å². The average Bonchev–Trinajstić information content (AvgIpc) is 2.45. The van der Waals surface area contributed by atoms with Gasteiger partial charge in [0.05, 0.1) is 6.04 Å². The molecule has 1 rings (SSSR count). The van der Waals surface area contributed by atoms with Crippen molar-refractivity contribution in [1.29, 1.82) is 0 Å². The van der Waals surface area contributed by atoms with Gasteiger partial charge < -0.3 is 16.8 Å². The molecule has 5 N–H and O–H groups in total. The Labute approximate surface area is 131 Å². The normalized spacial score (nSPS) is 14.4. The quantitative estimate of drug-likeness (QED) is 0.700. The number of halogens is 1. The lowest BCUT2D eigenvalue weighted by atomic mass is 9.98. The van der Waals surface area contributed by atoms with E-state index in [4.69, 9.17) is 11.5 Å². The van der Waals surface area contributed by atoms with E-state index in [2.05, 4.69) is 5.32 Å². The first kappa shape index (κ1) is 19.4. The number of nitrogens with one attached hydrogen (secondary N) is 1. The van der Waals surface area contributed by atoms with Crippen LogP contribution in [-0.2, 0) is 16.0 Å². The number of rotatable bonds is 7. The summed E-state index contributed by atoms with van der Waals surface area (Å²) < 4.78 is 0. The van der Waals surface area contributed by atoms with E-state index in [0.29, 0.717) is 6.42 Å². The van der Waals surface area contributed by atoms with Gasteiger partial charge in [0.2, 0.25) is 11.8 Å². The second-order valence-electron chi connectivity index (χ2n) is 5.06. The zero-order chi connectivity index (χ0) is 15.1. The fraction of sp³-hybridized carbons (Fsp3) is 0.467. The fourth-order valence-corrected chi connectivity index (χ4v) is 1.85. The molecule has 1 aromatic rings. The Balaban J connectivity index is 0.00000400. The molecule has 1 aromatic carbocycles. The molecule has 5 nitrogen and oxygen atoms in total. The molecule has 2 amide bonds. The molecule has 0 unspecified atom stereocenters. The Hall–Kier alpha value is -1.59. The van der Waals surface area contributed by atoms with Crippen molar-refractivity contribution >= 4 is 24.2 Å². The van der Waals surface area contributed by atoms with Crippen LogP contribution in [0.2, 0.25) is 0 Å². The predicted octanol–water partition coefficient (Wildman–Crippen LogP) is 0.994. The maximum Gasteiger partial charge on any atom is 0.240 e. The lowest BCUT2D eigenvalue weighted by Gasteiger charge is -2.21. The van der Waals surface area contributed by atoms with Crippen LogP contribution < -0.4 is 16.8 Å². The third-order valence-electron chi connectivity index (χ3n) is 3.50. The first-order valence-electron chi connectivity index (χ1n) is 6.84. The Kier molecular flexibility index (Phi) is 8.66. The molecule has 0 heterocycles. The van der Waals surface area contributed by atoms with Crippen LogP contribution in [0, 0.1) is 5.92 Å². The maximum atomic E-state index is 12.0. The molecule has 0 spiro atoms. The summed E-state index contributed by atoms with van der Waals surface area (Å²) in [5.41, 5.74) is 12.1. The van der Waals surface area contributed by atoms with Crippen molar-refractivity contribution < 1.29 is 9.59 Å². The van der Waals surface area contributed by atoms with Crippen LogP contribution >= 0.6 is 12.4 Å². The van der Waals surface area contributed by atoms with Crippen molar-refractivity contribution in [3.63, 3.8) is 0 Å². The Morgan fingerprint density at radius 3 is 2.29 bits per heavy atom. The largest absolute Gasteiger partial charge is 0.368 e. The predicted molar refractivity (Wildman–Crippen MR) is 85.9 cm³/mol. The molecule has 0 aromatic heterocycles. The van der Waals surface area contributed by atoms with E-state index in [1.165, 1.54) is 0 Å². The zero-order valence-corrected chi connectivity index (χ0v) is 13.2. The Morgan fingerprint density at radius 1 is 1.24 bits per heavy atom. The number of primary amides is 1. The fourth-order valence-electron chi connectivity index (χ4n) is 1.85. The van der Waals surface area contributed by atoms with Crippen LogP contribution in [0.15, 0.2) is 30.3 Å². The van der Waals surface area contributed by atoms with Crippen LogP contribution in [0.4, 0.5) is 0 Å². The number of amides is 2. The molecule has 0 bridgehead atoms. The maximum absolute atomic E-state index is 12.0. The Bertz CT molecular complexity index is 453. The van der Waals surface area contributed by atoms with E-state index < -0.39 is 18.0 Å². The summed E-state index contributed by atoms with van der Waals surface area (Å²) in [5.74, 6) is -0.835.